The molecule has 1 N–H and O–H groups in total. The van der Waals surface area contributed by atoms with Gasteiger partial charge in [-0.05, 0) is 32.0 Å². The molecule has 0 bridgehead atoms. The molecule has 1 amide bonds. The molecule has 0 spiro atoms. The number of aryl methyl sites for hydroxylation is 1. The highest BCUT2D eigenvalue weighted by Crippen LogP contribution is 2.25. The molecule has 0 aliphatic rings. The fraction of sp³-hybridized carbons (Fsp3) is 0.286. The van der Waals surface area contributed by atoms with Gasteiger partial charge in [-0.2, -0.15) is 13.5 Å². The minimum atomic E-state index is -4.81. The Morgan fingerprint density at radius 2 is 2.05 bits per heavy atom. The Kier molecular flexibility index (Phi) is 4.06. The lowest BCUT2D eigenvalue weighted by atomic mass is 9.86. The summed E-state index contributed by atoms with van der Waals surface area (Å²) in [6.07, 6.45) is 3.31. The molecule has 22 heavy (non-hydrogen) atoms. The molecule has 0 fully saturated rings. The van der Waals surface area contributed by atoms with Gasteiger partial charge in [-0.1, -0.05) is 6.07 Å². The maximum absolute atomic E-state index is 13.0. The molecule has 0 aliphatic heterocycles. The van der Waals surface area contributed by atoms with E-state index >= 15 is 0 Å². The number of rotatable bonds is 4. The topological polar surface area (TPSA) is 81.1 Å². The molecule has 0 saturated heterocycles. The number of halogens is 1. The van der Waals surface area contributed by atoms with Crippen LogP contribution in [0, 0.1) is 0 Å². The number of nitrogens with zero attached hydrogens (tertiary/aromatic N) is 2. The Balaban J connectivity index is 2.25. The zero-order chi connectivity index (χ0) is 16.5. The van der Waals surface area contributed by atoms with Crippen LogP contribution in [0.1, 0.15) is 19.4 Å². The van der Waals surface area contributed by atoms with Gasteiger partial charge in [-0.25, -0.2) is 0 Å². The van der Waals surface area contributed by atoms with Crippen molar-refractivity contribution in [3.8, 4) is 0 Å². The lowest BCUT2D eigenvalue weighted by Crippen LogP contribution is -2.34. The van der Waals surface area contributed by atoms with E-state index in [9.17, 15) is 17.1 Å². The number of hydrogen-bond donors (Lipinski definition) is 1. The Labute approximate surface area is 128 Å². The van der Waals surface area contributed by atoms with Crippen LogP contribution in [0.25, 0.3) is 0 Å². The van der Waals surface area contributed by atoms with Crippen molar-refractivity contribution >= 4 is 21.8 Å². The second-order valence-electron chi connectivity index (χ2n) is 5.45. The second kappa shape index (κ2) is 5.53. The minimum Gasteiger partial charge on any atom is -0.325 e. The van der Waals surface area contributed by atoms with Gasteiger partial charge in [-0.15, -0.1) is 3.89 Å². The normalized spacial score (nSPS) is 12.2. The van der Waals surface area contributed by atoms with Crippen molar-refractivity contribution in [2.75, 3.05) is 5.32 Å². The monoisotopic (exact) mass is 325 g/mol. The van der Waals surface area contributed by atoms with Crippen molar-refractivity contribution in [3.05, 3.63) is 42.2 Å². The molecule has 0 atom stereocenters. The molecule has 1 aromatic carbocycles. The molecule has 0 radical (unpaired) electrons. The maximum atomic E-state index is 13.0. The summed E-state index contributed by atoms with van der Waals surface area (Å²) in [6, 6.07) is 5.05. The van der Waals surface area contributed by atoms with E-state index in [1.165, 1.54) is 12.1 Å². The van der Waals surface area contributed by atoms with Crippen molar-refractivity contribution in [2.24, 2.45) is 7.05 Å². The quantitative estimate of drug-likeness (QED) is 0.872. The summed E-state index contributed by atoms with van der Waals surface area (Å²) in [4.78, 5) is 11.9. The summed E-state index contributed by atoms with van der Waals surface area (Å²) in [5, 5.41) is 6.62. The van der Waals surface area contributed by atoms with Gasteiger partial charge >= 0.3 is 10.2 Å². The molecule has 6 nitrogen and oxygen atoms in total. The third-order valence-electron chi connectivity index (χ3n) is 3.37. The Morgan fingerprint density at radius 3 is 2.59 bits per heavy atom. The molecule has 1 heterocycles. The van der Waals surface area contributed by atoms with Gasteiger partial charge in [0.25, 0.3) is 0 Å². The van der Waals surface area contributed by atoms with Crippen LogP contribution in [-0.2, 0) is 27.5 Å². The van der Waals surface area contributed by atoms with Gasteiger partial charge in [0.2, 0.25) is 5.91 Å². The Bertz CT molecular complexity index is 812. The van der Waals surface area contributed by atoms with Crippen LogP contribution in [-0.4, -0.2) is 24.1 Å². The summed E-state index contributed by atoms with van der Waals surface area (Å²) in [7, 11) is -3.07. The number of nitrogens with one attached hydrogen (secondary N) is 1. The smallest absolute Gasteiger partial charge is 0.325 e. The van der Waals surface area contributed by atoms with Gasteiger partial charge in [-0.3, -0.25) is 9.48 Å². The molecule has 0 unspecified atom stereocenters. The van der Waals surface area contributed by atoms with E-state index in [-0.39, 0.29) is 11.6 Å². The fourth-order valence-electron chi connectivity index (χ4n) is 1.89. The van der Waals surface area contributed by atoms with Crippen LogP contribution < -0.4 is 5.32 Å². The number of aromatic nitrogens is 2. The summed E-state index contributed by atoms with van der Waals surface area (Å²) in [5.74, 6) is -0.353. The zero-order valence-electron chi connectivity index (χ0n) is 12.4. The molecule has 8 heteroatoms. The summed E-state index contributed by atoms with van der Waals surface area (Å²) in [5.41, 5.74) is 0.0428. The summed E-state index contributed by atoms with van der Waals surface area (Å²) in [6.45, 7) is 3.43. The molecule has 118 valence electrons. The van der Waals surface area contributed by atoms with Crippen molar-refractivity contribution < 1.29 is 17.1 Å². The maximum Gasteiger partial charge on any atom is 0.332 e. The first kappa shape index (κ1) is 16.2. The first-order valence-corrected chi connectivity index (χ1v) is 7.84. The van der Waals surface area contributed by atoms with Crippen LogP contribution in [0.2, 0.25) is 0 Å². The third-order valence-corrected chi connectivity index (χ3v) is 4.18. The number of amides is 1. The van der Waals surface area contributed by atoms with Gasteiger partial charge in [0.15, 0.2) is 0 Å². The SMILES string of the molecule is Cn1cc(C(C)(C)C(=O)Nc2cccc(S(=O)(=O)F)c2)cn1. The van der Waals surface area contributed by atoms with E-state index in [0.29, 0.717) is 5.56 Å². The zero-order valence-corrected chi connectivity index (χ0v) is 13.2. The second-order valence-corrected chi connectivity index (χ2v) is 6.79. The standard InChI is InChI=1S/C14H16FN3O3S/c1-14(2,10-8-16-18(3)9-10)13(19)17-11-5-4-6-12(7-11)22(15,20)21/h4-9H,1-3H3,(H,17,19). The number of carbonyl (C=O) groups is 1. The molecule has 2 rings (SSSR count). The highest BCUT2D eigenvalue weighted by molar-refractivity contribution is 7.86. The lowest BCUT2D eigenvalue weighted by molar-refractivity contribution is -0.120. The average molecular weight is 325 g/mol. The van der Waals surface area contributed by atoms with Gasteiger partial charge < -0.3 is 5.32 Å². The van der Waals surface area contributed by atoms with E-state index in [1.54, 1.807) is 38.0 Å². The van der Waals surface area contributed by atoms with Gasteiger partial charge in [0.05, 0.1) is 11.6 Å². The van der Waals surface area contributed by atoms with Crippen LogP contribution in [0.3, 0.4) is 0 Å². The Hall–Kier alpha value is -2.22. The molecule has 0 saturated carbocycles. The first-order chi connectivity index (χ1) is 10.1. The van der Waals surface area contributed by atoms with Crippen molar-refractivity contribution in [1.29, 1.82) is 0 Å². The summed E-state index contributed by atoms with van der Waals surface area (Å²) >= 11 is 0. The van der Waals surface area contributed by atoms with Gasteiger partial charge in [0.1, 0.15) is 4.90 Å². The molecular weight excluding hydrogens is 309 g/mol. The van der Waals surface area contributed by atoms with Crippen LogP contribution in [0.4, 0.5) is 9.57 Å². The molecule has 1 aromatic heterocycles. The van der Waals surface area contributed by atoms with E-state index in [2.05, 4.69) is 10.4 Å². The highest BCUT2D eigenvalue weighted by Gasteiger charge is 2.31. The van der Waals surface area contributed by atoms with E-state index in [0.717, 1.165) is 12.1 Å². The van der Waals surface area contributed by atoms with Crippen LogP contribution in [0.15, 0.2) is 41.6 Å². The highest BCUT2D eigenvalue weighted by atomic mass is 32.3. The molecular formula is C14H16FN3O3S. The van der Waals surface area contributed by atoms with E-state index in [4.69, 9.17) is 0 Å². The van der Waals surface area contributed by atoms with Gasteiger partial charge in [0, 0.05) is 24.5 Å². The molecule has 2 aromatic rings. The summed E-state index contributed by atoms with van der Waals surface area (Å²) < 4.78 is 36.4. The van der Waals surface area contributed by atoms with Crippen LogP contribution >= 0.6 is 0 Å². The average Bonchev–Trinajstić information content (AvgIpc) is 2.85. The van der Waals surface area contributed by atoms with E-state index < -0.39 is 20.5 Å². The first-order valence-electron chi connectivity index (χ1n) is 6.46. The number of hydrogen-bond acceptors (Lipinski definition) is 4. The third kappa shape index (κ3) is 3.33. The Morgan fingerprint density at radius 1 is 1.36 bits per heavy atom. The lowest BCUT2D eigenvalue weighted by Gasteiger charge is -2.22. The van der Waals surface area contributed by atoms with E-state index in [1.807, 2.05) is 0 Å². The fourth-order valence-corrected chi connectivity index (χ4v) is 2.40. The van der Waals surface area contributed by atoms with Crippen LogP contribution in [0.5, 0.6) is 0 Å². The largest absolute Gasteiger partial charge is 0.332 e. The number of benzene rings is 1. The predicted molar refractivity (Wildman–Crippen MR) is 79.6 cm³/mol. The minimum absolute atomic E-state index is 0.209. The van der Waals surface area contributed by atoms with Crippen molar-refractivity contribution in [3.63, 3.8) is 0 Å². The predicted octanol–water partition coefficient (Wildman–Crippen LogP) is 1.99. The van der Waals surface area contributed by atoms with Crippen molar-refractivity contribution in [2.45, 2.75) is 24.2 Å². The molecule has 0 aliphatic carbocycles. The van der Waals surface area contributed by atoms with Crippen molar-refractivity contribution in [1.82, 2.24) is 9.78 Å². The number of anilines is 1. The number of carbonyl (C=O) groups excluding carboxylic acids is 1.